The van der Waals surface area contributed by atoms with Crippen LogP contribution >= 0.6 is 0 Å². The van der Waals surface area contributed by atoms with Crippen LogP contribution in [0.3, 0.4) is 0 Å². The van der Waals surface area contributed by atoms with Crippen LogP contribution in [0.1, 0.15) is 130 Å². The van der Waals surface area contributed by atoms with Gasteiger partial charge in [0.25, 0.3) is 5.78 Å². The molecule has 0 amide bonds. The maximum Gasteiger partial charge on any atom is 0.252 e. The molecule has 0 radical (unpaired) electrons. The molecule has 0 aromatic carbocycles. The summed E-state index contributed by atoms with van der Waals surface area (Å²) in [4.78, 5) is 12.4. The van der Waals surface area contributed by atoms with E-state index in [4.69, 9.17) is 15.1 Å². The Morgan fingerprint density at radius 3 is 2.27 bits per heavy atom. The Labute approximate surface area is 243 Å². The molecule has 5 nitrogen and oxygen atoms in total. The summed E-state index contributed by atoms with van der Waals surface area (Å²) in [6, 6.07) is 2.21. The lowest BCUT2D eigenvalue weighted by Gasteiger charge is -2.37. The van der Waals surface area contributed by atoms with Crippen molar-refractivity contribution in [3.63, 3.8) is 0 Å². The third kappa shape index (κ3) is 6.84. The molecule has 3 heterocycles. The predicted molar refractivity (Wildman–Crippen MR) is 169 cm³/mol. The topological polar surface area (TPSA) is 46.3 Å². The Kier molecular flexibility index (Phi) is 9.87. The molecule has 5 heteroatoms. The van der Waals surface area contributed by atoms with Crippen molar-refractivity contribution in [2.24, 2.45) is 11.8 Å². The van der Waals surface area contributed by atoms with Gasteiger partial charge in [0.05, 0.1) is 12.2 Å². The normalized spacial score (nSPS) is 21.7. The lowest BCUT2D eigenvalue weighted by atomic mass is 9.75. The lowest BCUT2D eigenvalue weighted by Crippen LogP contribution is -2.35. The molecule has 2 aliphatic rings. The van der Waals surface area contributed by atoms with Gasteiger partial charge in [0.15, 0.2) is 5.82 Å². The molecule has 2 aromatic rings. The van der Waals surface area contributed by atoms with Crippen molar-refractivity contribution in [2.45, 2.75) is 120 Å². The Hall–Kier alpha value is -2.53. The molecule has 0 N–H and O–H groups in total. The molecule has 0 saturated heterocycles. The highest BCUT2D eigenvalue weighted by molar-refractivity contribution is 5.50. The zero-order valence-corrected chi connectivity index (χ0v) is 26.9. The summed E-state index contributed by atoms with van der Waals surface area (Å²) in [6.07, 6.45) is 11.1. The van der Waals surface area contributed by atoms with Gasteiger partial charge in [-0.1, -0.05) is 70.8 Å². The van der Waals surface area contributed by atoms with E-state index in [9.17, 15) is 0 Å². The van der Waals surface area contributed by atoms with E-state index < -0.39 is 0 Å². The fourth-order valence-corrected chi connectivity index (χ4v) is 6.29. The summed E-state index contributed by atoms with van der Waals surface area (Å²) < 4.78 is 1.99. The van der Waals surface area contributed by atoms with Crippen molar-refractivity contribution >= 4 is 5.78 Å². The highest BCUT2D eigenvalue weighted by Gasteiger charge is 2.30. The second kappa shape index (κ2) is 13.0. The van der Waals surface area contributed by atoms with E-state index in [2.05, 4.69) is 92.4 Å². The summed E-state index contributed by atoms with van der Waals surface area (Å²) in [5.74, 6) is 3.89. The van der Waals surface area contributed by atoms with Crippen LogP contribution < -0.4 is 0 Å². The largest absolute Gasteiger partial charge is 0.292 e. The number of nitrogens with zero attached hydrogens (tertiary/aromatic N) is 5. The molecule has 0 unspecified atom stereocenters. The van der Waals surface area contributed by atoms with Crippen LogP contribution in [0.2, 0.25) is 0 Å². The van der Waals surface area contributed by atoms with Crippen LogP contribution in [0, 0.1) is 11.8 Å². The summed E-state index contributed by atoms with van der Waals surface area (Å²) in [5, 5.41) is 4.99. The number of fused-ring (bicyclic) bond motifs is 1. The lowest BCUT2D eigenvalue weighted by molar-refractivity contribution is 0.239. The third-order valence-corrected chi connectivity index (χ3v) is 9.20. The van der Waals surface area contributed by atoms with E-state index >= 15 is 0 Å². The van der Waals surface area contributed by atoms with Gasteiger partial charge in [0, 0.05) is 18.8 Å². The molecule has 2 aromatic heterocycles. The molecule has 0 spiro atoms. The first-order valence-electron chi connectivity index (χ1n) is 15.7. The van der Waals surface area contributed by atoms with Crippen molar-refractivity contribution in [1.82, 2.24) is 24.5 Å². The first kappa shape index (κ1) is 30.4. The predicted octanol–water partition coefficient (Wildman–Crippen LogP) is 8.95. The highest BCUT2D eigenvalue weighted by Crippen LogP contribution is 2.40. The van der Waals surface area contributed by atoms with E-state index in [-0.39, 0.29) is 0 Å². The van der Waals surface area contributed by atoms with E-state index in [1.807, 2.05) is 4.52 Å². The fraction of sp³-hybridized carbons (Fsp3) is 0.629. The fourth-order valence-electron chi connectivity index (χ4n) is 6.29. The Bertz CT molecular complexity index is 1320. The summed E-state index contributed by atoms with van der Waals surface area (Å²) >= 11 is 0. The quantitative estimate of drug-likeness (QED) is 0.312. The molecule has 0 atom stereocenters. The van der Waals surface area contributed by atoms with Gasteiger partial charge in [-0.2, -0.15) is 4.98 Å². The van der Waals surface area contributed by atoms with E-state index in [0.717, 1.165) is 49.3 Å². The van der Waals surface area contributed by atoms with Crippen LogP contribution in [-0.2, 0) is 6.54 Å². The second-order valence-electron chi connectivity index (χ2n) is 13.3. The average molecular weight is 544 g/mol. The van der Waals surface area contributed by atoms with Crippen LogP contribution in [0.15, 0.2) is 51.7 Å². The smallest absolute Gasteiger partial charge is 0.252 e. The maximum atomic E-state index is 4.99. The van der Waals surface area contributed by atoms with Gasteiger partial charge in [0.2, 0.25) is 0 Å². The number of rotatable bonds is 8. The minimum atomic E-state index is 0.364. The zero-order valence-electron chi connectivity index (χ0n) is 26.9. The van der Waals surface area contributed by atoms with E-state index in [1.165, 1.54) is 53.7 Å². The molecule has 1 aliphatic heterocycles. The SMILES string of the molecule is C/C=C(C)/C(C)=C/C(=C(C)C)C1=C(C2CCC(C)CC2)CN(Cc2nc3nc(C(C)C)cc(C(C)C)n3n2)CC1. The van der Waals surface area contributed by atoms with Gasteiger partial charge < -0.3 is 0 Å². The summed E-state index contributed by atoms with van der Waals surface area (Å²) in [7, 11) is 0. The molecule has 0 bridgehead atoms. The van der Waals surface area contributed by atoms with Gasteiger partial charge in [0.1, 0.15) is 0 Å². The van der Waals surface area contributed by atoms with Crippen molar-refractivity contribution in [2.75, 3.05) is 13.1 Å². The third-order valence-electron chi connectivity index (χ3n) is 9.20. The number of aromatic nitrogens is 4. The van der Waals surface area contributed by atoms with Gasteiger partial charge in [-0.3, -0.25) is 4.90 Å². The molecule has 40 heavy (non-hydrogen) atoms. The Morgan fingerprint density at radius 1 is 0.975 bits per heavy atom. The molecular formula is C35H53N5. The molecule has 1 fully saturated rings. The standard InChI is InChI=1S/C35H53N5/c1-11-26(9)27(10)18-30(22(2)3)29-16-17-39(20-31(29)28-14-12-25(8)13-15-28)21-34-37-35-36-32(23(4)5)19-33(24(6)7)40(35)38-34/h11,18-19,23-25,28H,12-17,20-21H2,1-10H3/b26-11+,27-18+. The van der Waals surface area contributed by atoms with Crippen molar-refractivity contribution in [3.8, 4) is 0 Å². The van der Waals surface area contributed by atoms with E-state index in [0.29, 0.717) is 17.8 Å². The molecule has 1 saturated carbocycles. The number of hydrogen-bond donors (Lipinski definition) is 0. The summed E-state index contributed by atoms with van der Waals surface area (Å²) in [6.45, 7) is 25.3. The van der Waals surface area contributed by atoms with Crippen LogP contribution in [-0.4, -0.2) is 37.6 Å². The zero-order chi connectivity index (χ0) is 29.1. The number of hydrogen-bond acceptors (Lipinski definition) is 4. The van der Waals surface area contributed by atoms with Gasteiger partial charge in [-0.25, -0.2) is 9.50 Å². The average Bonchev–Trinajstić information content (AvgIpc) is 3.33. The maximum absolute atomic E-state index is 4.99. The van der Waals surface area contributed by atoms with Crippen LogP contribution in [0.5, 0.6) is 0 Å². The van der Waals surface area contributed by atoms with Crippen molar-refractivity contribution in [1.29, 1.82) is 0 Å². The first-order chi connectivity index (χ1) is 19.0. The molecule has 218 valence electrons. The molecule has 4 rings (SSSR count). The molecule has 1 aliphatic carbocycles. The van der Waals surface area contributed by atoms with Gasteiger partial charge in [-0.15, -0.1) is 5.10 Å². The van der Waals surface area contributed by atoms with Gasteiger partial charge >= 0.3 is 0 Å². The Balaban J connectivity index is 1.68. The molecular weight excluding hydrogens is 490 g/mol. The van der Waals surface area contributed by atoms with Crippen LogP contribution in [0.4, 0.5) is 0 Å². The minimum Gasteiger partial charge on any atom is -0.292 e. The van der Waals surface area contributed by atoms with Crippen LogP contribution in [0.25, 0.3) is 5.78 Å². The van der Waals surface area contributed by atoms with Gasteiger partial charge in [-0.05, 0) is 106 Å². The summed E-state index contributed by atoms with van der Waals surface area (Å²) in [5.41, 5.74) is 11.2. The Morgan fingerprint density at radius 2 is 1.68 bits per heavy atom. The monoisotopic (exact) mass is 543 g/mol. The van der Waals surface area contributed by atoms with Crippen molar-refractivity contribution in [3.05, 3.63) is 68.9 Å². The highest BCUT2D eigenvalue weighted by atomic mass is 15.3. The van der Waals surface area contributed by atoms with Crippen molar-refractivity contribution < 1.29 is 0 Å². The number of allylic oxidation sites excluding steroid dienone is 6. The van der Waals surface area contributed by atoms with E-state index in [1.54, 1.807) is 11.1 Å². The first-order valence-corrected chi connectivity index (χ1v) is 15.7. The second-order valence-corrected chi connectivity index (χ2v) is 13.3. The minimum absolute atomic E-state index is 0.364.